The van der Waals surface area contributed by atoms with Crippen LogP contribution in [0.5, 0.6) is 5.75 Å². The van der Waals surface area contributed by atoms with E-state index in [0.29, 0.717) is 22.5 Å². The fourth-order valence-corrected chi connectivity index (χ4v) is 4.70. The summed E-state index contributed by atoms with van der Waals surface area (Å²) in [4.78, 5) is 12.2. The molecule has 0 saturated carbocycles. The zero-order valence-corrected chi connectivity index (χ0v) is 19.2. The van der Waals surface area contributed by atoms with E-state index in [1.807, 2.05) is 11.6 Å². The second-order valence-corrected chi connectivity index (χ2v) is 9.01. The number of carbonyl (C=O) groups is 1. The molecule has 0 spiro atoms. The number of benzene rings is 2. The van der Waals surface area contributed by atoms with Crippen molar-refractivity contribution in [2.75, 3.05) is 11.1 Å². The molecule has 0 bridgehead atoms. The molecule has 1 N–H and O–H groups in total. The first-order chi connectivity index (χ1) is 15.0. The normalized spacial score (nSPS) is 13.0. The van der Waals surface area contributed by atoms with Crippen LogP contribution in [0.1, 0.15) is 35.4 Å². The third-order valence-corrected chi connectivity index (χ3v) is 6.75. The first-order valence-corrected chi connectivity index (χ1v) is 11.7. The van der Waals surface area contributed by atoms with Gasteiger partial charge >= 0.3 is 0 Å². The first-order valence-electron chi connectivity index (χ1n) is 10.3. The standard InChI is InChI=1S/C23H25ClN4O2S/c1-15-19-9-4-3-6-16(19)10-11-20(15)30-13-21-26-27-23(28(21)2)31-14-22(29)25-18-8-5-7-17(24)12-18/h5,7-8,10-12H,3-4,6,9,13-14H2,1-2H3,(H,25,29). The molecule has 0 aliphatic heterocycles. The van der Waals surface area contributed by atoms with E-state index in [1.165, 1.54) is 41.3 Å². The molecule has 4 rings (SSSR count). The lowest BCUT2D eigenvalue weighted by Crippen LogP contribution is -2.14. The molecule has 3 aromatic rings. The van der Waals surface area contributed by atoms with Crippen LogP contribution in [0.15, 0.2) is 41.6 Å². The van der Waals surface area contributed by atoms with Crippen LogP contribution in [0.25, 0.3) is 0 Å². The smallest absolute Gasteiger partial charge is 0.234 e. The van der Waals surface area contributed by atoms with Crippen molar-refractivity contribution < 1.29 is 9.53 Å². The molecule has 8 heteroatoms. The third kappa shape index (κ3) is 5.22. The van der Waals surface area contributed by atoms with Crippen molar-refractivity contribution in [2.45, 2.75) is 44.4 Å². The summed E-state index contributed by atoms with van der Waals surface area (Å²) < 4.78 is 7.94. The number of hydrogen-bond acceptors (Lipinski definition) is 5. The predicted molar refractivity (Wildman–Crippen MR) is 124 cm³/mol. The van der Waals surface area contributed by atoms with Gasteiger partial charge in [-0.2, -0.15) is 0 Å². The molecule has 0 atom stereocenters. The number of nitrogens with zero attached hydrogens (tertiary/aromatic N) is 3. The minimum Gasteiger partial charge on any atom is -0.485 e. The second kappa shape index (κ2) is 9.75. The van der Waals surface area contributed by atoms with Gasteiger partial charge in [0.15, 0.2) is 11.0 Å². The summed E-state index contributed by atoms with van der Waals surface area (Å²) in [5.41, 5.74) is 4.78. The number of anilines is 1. The number of nitrogens with one attached hydrogen (secondary N) is 1. The lowest BCUT2D eigenvalue weighted by molar-refractivity contribution is -0.113. The van der Waals surface area contributed by atoms with Crippen LogP contribution in [0.2, 0.25) is 5.02 Å². The van der Waals surface area contributed by atoms with E-state index < -0.39 is 0 Å². The molecular formula is C23H25ClN4O2S. The van der Waals surface area contributed by atoms with E-state index in [0.717, 1.165) is 24.4 Å². The minimum absolute atomic E-state index is 0.127. The van der Waals surface area contributed by atoms with Crippen molar-refractivity contribution in [3.05, 3.63) is 63.9 Å². The average molecular weight is 457 g/mol. The highest BCUT2D eigenvalue weighted by atomic mass is 35.5. The summed E-state index contributed by atoms with van der Waals surface area (Å²) >= 11 is 7.28. The Morgan fingerprint density at radius 3 is 2.90 bits per heavy atom. The number of halogens is 1. The Labute approximate surface area is 191 Å². The average Bonchev–Trinajstić information content (AvgIpc) is 3.11. The predicted octanol–water partition coefficient (Wildman–Crippen LogP) is 4.97. The van der Waals surface area contributed by atoms with Crippen molar-refractivity contribution >= 4 is 35.0 Å². The van der Waals surface area contributed by atoms with Gasteiger partial charge < -0.3 is 14.6 Å². The Morgan fingerprint density at radius 1 is 1.23 bits per heavy atom. The van der Waals surface area contributed by atoms with E-state index in [4.69, 9.17) is 16.3 Å². The third-order valence-electron chi connectivity index (χ3n) is 5.49. The van der Waals surface area contributed by atoms with E-state index in [9.17, 15) is 4.79 Å². The molecule has 0 saturated heterocycles. The number of thioether (sulfide) groups is 1. The molecule has 0 unspecified atom stereocenters. The SMILES string of the molecule is Cc1c(OCc2nnc(SCC(=O)Nc3cccc(Cl)c3)n2C)ccc2c1CCCC2. The van der Waals surface area contributed by atoms with Gasteiger partial charge in [0, 0.05) is 17.8 Å². The molecule has 1 aliphatic rings. The molecule has 0 radical (unpaired) electrons. The summed E-state index contributed by atoms with van der Waals surface area (Å²) in [6.45, 7) is 2.47. The van der Waals surface area contributed by atoms with Crippen molar-refractivity contribution in [2.24, 2.45) is 7.05 Å². The van der Waals surface area contributed by atoms with Gasteiger partial charge in [-0.3, -0.25) is 4.79 Å². The molecule has 0 fully saturated rings. The number of rotatable bonds is 7. The van der Waals surface area contributed by atoms with Gasteiger partial charge in [-0.1, -0.05) is 35.5 Å². The molecule has 1 amide bonds. The summed E-state index contributed by atoms with van der Waals surface area (Å²) in [5, 5.41) is 12.5. The first kappa shape index (κ1) is 21.7. The molecule has 1 heterocycles. The number of amides is 1. The highest BCUT2D eigenvalue weighted by molar-refractivity contribution is 7.99. The summed E-state index contributed by atoms with van der Waals surface area (Å²) in [7, 11) is 1.88. The highest BCUT2D eigenvalue weighted by Gasteiger charge is 2.16. The quantitative estimate of drug-likeness (QED) is 0.508. The largest absolute Gasteiger partial charge is 0.485 e. The molecule has 2 aromatic carbocycles. The van der Waals surface area contributed by atoms with Gasteiger partial charge in [-0.05, 0) is 73.6 Å². The zero-order valence-electron chi connectivity index (χ0n) is 17.7. The highest BCUT2D eigenvalue weighted by Crippen LogP contribution is 2.31. The van der Waals surface area contributed by atoms with Crippen molar-refractivity contribution in [3.8, 4) is 5.75 Å². The Balaban J connectivity index is 1.34. The van der Waals surface area contributed by atoms with Crippen LogP contribution >= 0.6 is 23.4 Å². The van der Waals surface area contributed by atoms with E-state index in [-0.39, 0.29) is 11.7 Å². The molecule has 1 aromatic heterocycles. The fraction of sp³-hybridized carbons (Fsp3) is 0.348. The molecule has 162 valence electrons. The summed E-state index contributed by atoms with van der Waals surface area (Å²) in [5.74, 6) is 1.72. The lowest BCUT2D eigenvalue weighted by Gasteiger charge is -2.20. The number of carbonyl (C=O) groups excluding carboxylic acids is 1. The van der Waals surface area contributed by atoms with Crippen molar-refractivity contribution in [3.63, 3.8) is 0 Å². The van der Waals surface area contributed by atoms with Crippen LogP contribution in [-0.2, 0) is 31.3 Å². The lowest BCUT2D eigenvalue weighted by atomic mass is 9.88. The topological polar surface area (TPSA) is 69.0 Å². The Hall–Kier alpha value is -2.51. The molecule has 6 nitrogen and oxygen atoms in total. The number of fused-ring (bicyclic) bond motifs is 1. The summed E-state index contributed by atoms with van der Waals surface area (Å²) in [6.07, 6.45) is 4.79. The van der Waals surface area contributed by atoms with Crippen molar-refractivity contribution in [1.29, 1.82) is 0 Å². The second-order valence-electron chi connectivity index (χ2n) is 7.63. The van der Waals surface area contributed by atoms with Crippen LogP contribution in [0, 0.1) is 6.92 Å². The maximum Gasteiger partial charge on any atom is 0.234 e. The summed E-state index contributed by atoms with van der Waals surface area (Å²) in [6, 6.07) is 11.3. The number of aryl methyl sites for hydroxylation is 1. The van der Waals surface area contributed by atoms with Crippen molar-refractivity contribution in [1.82, 2.24) is 14.8 Å². The van der Waals surface area contributed by atoms with Crippen LogP contribution < -0.4 is 10.1 Å². The Kier molecular flexibility index (Phi) is 6.83. The van der Waals surface area contributed by atoms with E-state index in [1.54, 1.807) is 24.3 Å². The van der Waals surface area contributed by atoms with Crippen LogP contribution in [-0.4, -0.2) is 26.4 Å². The van der Waals surface area contributed by atoms with Crippen LogP contribution in [0.3, 0.4) is 0 Å². The molecule has 1 aliphatic carbocycles. The van der Waals surface area contributed by atoms with Gasteiger partial charge in [-0.25, -0.2) is 0 Å². The van der Waals surface area contributed by atoms with Gasteiger partial charge in [0.1, 0.15) is 12.4 Å². The van der Waals surface area contributed by atoms with E-state index in [2.05, 4.69) is 34.6 Å². The Bertz CT molecular complexity index is 1100. The van der Waals surface area contributed by atoms with Gasteiger partial charge in [0.2, 0.25) is 5.91 Å². The maximum absolute atomic E-state index is 12.2. The van der Waals surface area contributed by atoms with Gasteiger partial charge in [0.05, 0.1) is 5.75 Å². The Morgan fingerprint density at radius 2 is 2.06 bits per heavy atom. The zero-order chi connectivity index (χ0) is 21.8. The van der Waals surface area contributed by atoms with Gasteiger partial charge in [-0.15, -0.1) is 10.2 Å². The maximum atomic E-state index is 12.2. The number of aromatic nitrogens is 3. The fourth-order valence-electron chi connectivity index (χ4n) is 3.78. The minimum atomic E-state index is -0.127. The molecular weight excluding hydrogens is 432 g/mol. The van der Waals surface area contributed by atoms with Crippen LogP contribution in [0.4, 0.5) is 5.69 Å². The van der Waals surface area contributed by atoms with Gasteiger partial charge in [0.25, 0.3) is 0 Å². The monoisotopic (exact) mass is 456 g/mol. The number of hydrogen-bond donors (Lipinski definition) is 1. The molecule has 31 heavy (non-hydrogen) atoms. The van der Waals surface area contributed by atoms with E-state index >= 15 is 0 Å². The number of ether oxygens (including phenoxy) is 1.